The summed E-state index contributed by atoms with van der Waals surface area (Å²) in [5.41, 5.74) is 2.67. The highest BCUT2D eigenvalue weighted by molar-refractivity contribution is 5.97. The predicted octanol–water partition coefficient (Wildman–Crippen LogP) is 0.680. The zero-order valence-corrected chi connectivity index (χ0v) is 12.4. The summed E-state index contributed by atoms with van der Waals surface area (Å²) < 4.78 is 1.70. The molecule has 1 saturated heterocycles. The Morgan fingerprint density at radius 1 is 1.14 bits per heavy atom. The minimum Gasteiger partial charge on any atom is -0.330 e. The molecule has 0 saturated carbocycles. The molecule has 0 unspecified atom stereocenters. The monoisotopic (exact) mass is 286 g/mol. The van der Waals surface area contributed by atoms with Gasteiger partial charge in [0.1, 0.15) is 6.54 Å². The lowest BCUT2D eigenvalue weighted by Gasteiger charge is -2.33. The highest BCUT2D eigenvalue weighted by Gasteiger charge is 2.27. The van der Waals surface area contributed by atoms with Crippen LogP contribution >= 0.6 is 0 Å². The molecule has 7 heteroatoms. The molecule has 0 radical (unpaired) electrons. The highest BCUT2D eigenvalue weighted by atomic mass is 16.2. The van der Waals surface area contributed by atoms with Crippen molar-refractivity contribution < 1.29 is 4.79 Å². The van der Waals surface area contributed by atoms with Crippen molar-refractivity contribution >= 4 is 17.5 Å². The molecular weight excluding hydrogens is 268 g/mol. The quantitative estimate of drug-likeness (QED) is 0.812. The fourth-order valence-electron chi connectivity index (χ4n) is 2.51. The maximum absolute atomic E-state index is 12.3. The maximum Gasteiger partial charge on any atom is 0.246 e. The minimum absolute atomic E-state index is 0.0389. The molecule has 1 fully saturated rings. The topological polar surface area (TPSA) is 67.2 Å². The van der Waals surface area contributed by atoms with Crippen LogP contribution in [0.2, 0.25) is 0 Å². The fourth-order valence-corrected chi connectivity index (χ4v) is 2.51. The second-order valence-corrected chi connectivity index (χ2v) is 5.29. The lowest BCUT2D eigenvalue weighted by molar-refractivity contribution is -0.117. The van der Waals surface area contributed by atoms with Gasteiger partial charge in [-0.2, -0.15) is 5.10 Å². The summed E-state index contributed by atoms with van der Waals surface area (Å²) in [7, 11) is 1.84. The largest absolute Gasteiger partial charge is 0.330 e. The van der Waals surface area contributed by atoms with Crippen molar-refractivity contribution in [1.82, 2.24) is 19.7 Å². The molecule has 0 spiro atoms. The van der Waals surface area contributed by atoms with Gasteiger partial charge >= 0.3 is 0 Å². The molecule has 3 heterocycles. The first-order valence-electron chi connectivity index (χ1n) is 6.89. The van der Waals surface area contributed by atoms with Crippen LogP contribution in [0.1, 0.15) is 11.4 Å². The Hall–Kier alpha value is -2.44. The van der Waals surface area contributed by atoms with Crippen LogP contribution in [0.15, 0.2) is 18.5 Å². The van der Waals surface area contributed by atoms with Gasteiger partial charge in [0.25, 0.3) is 0 Å². The average Bonchev–Trinajstić information content (AvgIpc) is 2.84. The second kappa shape index (κ2) is 5.16. The second-order valence-electron chi connectivity index (χ2n) is 5.29. The van der Waals surface area contributed by atoms with E-state index in [2.05, 4.69) is 15.1 Å². The molecule has 0 aliphatic carbocycles. The number of piperazine rings is 1. The number of nitrogens with zero attached hydrogens (tertiary/aromatic N) is 6. The third-order valence-corrected chi connectivity index (χ3v) is 3.48. The number of anilines is 2. The molecular formula is C14H18N6O. The van der Waals surface area contributed by atoms with Crippen molar-refractivity contribution in [3.63, 3.8) is 0 Å². The third-order valence-electron chi connectivity index (χ3n) is 3.48. The van der Waals surface area contributed by atoms with E-state index >= 15 is 0 Å². The third kappa shape index (κ3) is 2.72. The zero-order chi connectivity index (χ0) is 15.0. The number of aryl methyl sites for hydroxylation is 3. The first kappa shape index (κ1) is 13.5. The molecule has 0 atom stereocenters. The molecule has 110 valence electrons. The number of carbonyl (C=O) groups is 1. The molecule has 3 rings (SSSR count). The van der Waals surface area contributed by atoms with Gasteiger partial charge in [0.05, 0.1) is 11.9 Å². The maximum atomic E-state index is 12.3. The van der Waals surface area contributed by atoms with Crippen molar-refractivity contribution in [3.8, 4) is 0 Å². The number of rotatable bonds is 2. The molecule has 1 amide bonds. The van der Waals surface area contributed by atoms with Gasteiger partial charge in [-0.15, -0.1) is 0 Å². The van der Waals surface area contributed by atoms with Crippen LogP contribution in [0.5, 0.6) is 0 Å². The van der Waals surface area contributed by atoms with Gasteiger partial charge in [0, 0.05) is 37.7 Å². The number of hydrogen-bond donors (Lipinski definition) is 0. The van der Waals surface area contributed by atoms with Crippen LogP contribution in [-0.4, -0.2) is 45.3 Å². The van der Waals surface area contributed by atoms with Crippen molar-refractivity contribution in [3.05, 3.63) is 29.8 Å². The summed E-state index contributed by atoms with van der Waals surface area (Å²) in [6.45, 7) is 5.49. The summed E-state index contributed by atoms with van der Waals surface area (Å²) in [5.74, 6) is 0.670. The van der Waals surface area contributed by atoms with Gasteiger partial charge in [-0.05, 0) is 19.9 Å². The molecule has 1 aliphatic heterocycles. The van der Waals surface area contributed by atoms with Gasteiger partial charge in [-0.1, -0.05) is 0 Å². The van der Waals surface area contributed by atoms with E-state index in [-0.39, 0.29) is 12.5 Å². The SMILES string of the molecule is Cc1cc(C)nc(N2CCN(c3cnn(C)c3)C(=O)C2)n1. The van der Waals surface area contributed by atoms with Gasteiger partial charge in [0.2, 0.25) is 11.9 Å². The molecule has 0 bridgehead atoms. The van der Waals surface area contributed by atoms with Crippen molar-refractivity contribution in [1.29, 1.82) is 0 Å². The van der Waals surface area contributed by atoms with Crippen molar-refractivity contribution in [2.24, 2.45) is 7.05 Å². The summed E-state index contributed by atoms with van der Waals surface area (Å²) in [5, 5.41) is 4.11. The number of aromatic nitrogens is 4. The first-order valence-corrected chi connectivity index (χ1v) is 6.89. The number of carbonyl (C=O) groups excluding carboxylic acids is 1. The molecule has 21 heavy (non-hydrogen) atoms. The normalized spacial score (nSPS) is 15.7. The van der Waals surface area contributed by atoms with E-state index < -0.39 is 0 Å². The molecule has 1 aliphatic rings. The molecule has 0 N–H and O–H groups in total. The Bertz CT molecular complexity index is 660. The van der Waals surface area contributed by atoms with E-state index in [0.717, 1.165) is 17.1 Å². The summed E-state index contributed by atoms with van der Waals surface area (Å²) >= 11 is 0. The Balaban J connectivity index is 1.77. The van der Waals surface area contributed by atoms with Crippen LogP contribution in [0.3, 0.4) is 0 Å². The Morgan fingerprint density at radius 3 is 2.43 bits per heavy atom. The lowest BCUT2D eigenvalue weighted by Crippen LogP contribution is -2.51. The van der Waals surface area contributed by atoms with Crippen LogP contribution in [-0.2, 0) is 11.8 Å². The summed E-state index contributed by atoms with van der Waals surface area (Å²) in [4.78, 5) is 24.9. The van der Waals surface area contributed by atoms with Crippen LogP contribution < -0.4 is 9.80 Å². The number of hydrogen-bond acceptors (Lipinski definition) is 5. The molecule has 2 aromatic heterocycles. The smallest absolute Gasteiger partial charge is 0.246 e. The van der Waals surface area contributed by atoms with E-state index in [1.807, 2.05) is 38.1 Å². The summed E-state index contributed by atoms with van der Waals surface area (Å²) in [6, 6.07) is 1.93. The van der Waals surface area contributed by atoms with E-state index in [4.69, 9.17) is 0 Å². The Morgan fingerprint density at radius 2 is 1.86 bits per heavy atom. The van der Waals surface area contributed by atoms with E-state index in [1.54, 1.807) is 15.8 Å². The van der Waals surface area contributed by atoms with Gasteiger partial charge in [-0.25, -0.2) is 9.97 Å². The van der Waals surface area contributed by atoms with Gasteiger partial charge in [-0.3, -0.25) is 9.48 Å². The van der Waals surface area contributed by atoms with Gasteiger partial charge in [0.15, 0.2) is 0 Å². The predicted molar refractivity (Wildman–Crippen MR) is 79.3 cm³/mol. The van der Waals surface area contributed by atoms with Crippen molar-refractivity contribution in [2.45, 2.75) is 13.8 Å². The number of amides is 1. The molecule has 2 aromatic rings. The standard InChI is InChI=1S/C14H18N6O/c1-10-6-11(2)17-14(16-10)19-4-5-20(13(21)9-19)12-7-15-18(3)8-12/h6-8H,4-5,9H2,1-3H3. The molecule has 7 nitrogen and oxygen atoms in total. The van der Waals surface area contributed by atoms with Gasteiger partial charge < -0.3 is 9.80 Å². The first-order chi connectivity index (χ1) is 10.0. The zero-order valence-electron chi connectivity index (χ0n) is 12.4. The fraction of sp³-hybridized carbons (Fsp3) is 0.429. The summed E-state index contributed by atoms with van der Waals surface area (Å²) in [6.07, 6.45) is 3.56. The Labute approximate surface area is 123 Å². The minimum atomic E-state index is 0.0389. The molecule has 0 aromatic carbocycles. The lowest BCUT2D eigenvalue weighted by atomic mass is 10.3. The van der Waals surface area contributed by atoms with Crippen LogP contribution in [0.4, 0.5) is 11.6 Å². The highest BCUT2D eigenvalue weighted by Crippen LogP contribution is 2.18. The van der Waals surface area contributed by atoms with Crippen molar-refractivity contribution in [2.75, 3.05) is 29.4 Å². The van der Waals surface area contributed by atoms with E-state index in [1.165, 1.54) is 0 Å². The van der Waals surface area contributed by atoms with Crippen LogP contribution in [0, 0.1) is 13.8 Å². The van der Waals surface area contributed by atoms with Crippen LogP contribution in [0.25, 0.3) is 0 Å². The van der Waals surface area contributed by atoms with E-state index in [0.29, 0.717) is 19.0 Å². The average molecular weight is 286 g/mol. The Kier molecular flexibility index (Phi) is 3.32. The van der Waals surface area contributed by atoms with E-state index in [9.17, 15) is 4.79 Å².